The minimum Gasteiger partial charge on any atom is -0.427 e. The number of ether oxygens (including phenoxy) is 1. The van der Waals surface area contributed by atoms with Gasteiger partial charge in [-0.2, -0.15) is 0 Å². The molecule has 0 bridgehead atoms. The Labute approximate surface area is 185 Å². The standard InChI is InChI=1S/C25H22N2O5/c1-16(28)32-21-13-11-20(12-14-21)25(31)27-22(24(26)30)15-17-7-9-19(10-8-17)23(29)18-5-3-2-4-6-18/h2-14,22H,15H2,1H3,(H2,26,30)(H,27,31)/t22-/m1/s1. The number of amides is 2. The highest BCUT2D eigenvalue weighted by molar-refractivity contribution is 6.09. The molecular weight excluding hydrogens is 408 g/mol. The SMILES string of the molecule is CC(=O)Oc1ccc(C(=O)N[C@H](Cc2ccc(C(=O)c3ccccc3)cc2)C(N)=O)cc1. The van der Waals surface area contributed by atoms with E-state index in [4.69, 9.17) is 10.5 Å². The zero-order valence-corrected chi connectivity index (χ0v) is 17.4. The van der Waals surface area contributed by atoms with Crippen LogP contribution in [-0.4, -0.2) is 29.6 Å². The van der Waals surface area contributed by atoms with E-state index in [1.807, 2.05) is 6.07 Å². The molecule has 0 fully saturated rings. The zero-order valence-electron chi connectivity index (χ0n) is 17.4. The maximum atomic E-state index is 12.5. The van der Waals surface area contributed by atoms with E-state index in [9.17, 15) is 19.2 Å². The Morgan fingerprint density at radius 1 is 0.812 bits per heavy atom. The van der Waals surface area contributed by atoms with Crippen LogP contribution in [0.2, 0.25) is 0 Å². The van der Waals surface area contributed by atoms with Gasteiger partial charge >= 0.3 is 5.97 Å². The molecule has 0 saturated heterocycles. The number of hydrogen-bond donors (Lipinski definition) is 2. The summed E-state index contributed by atoms with van der Waals surface area (Å²) in [6.07, 6.45) is 0.173. The van der Waals surface area contributed by atoms with E-state index >= 15 is 0 Å². The van der Waals surface area contributed by atoms with Gasteiger partial charge in [-0.25, -0.2) is 0 Å². The second-order valence-corrected chi connectivity index (χ2v) is 7.14. The normalized spacial score (nSPS) is 11.3. The summed E-state index contributed by atoms with van der Waals surface area (Å²) >= 11 is 0. The summed E-state index contributed by atoms with van der Waals surface area (Å²) in [4.78, 5) is 47.9. The first-order chi connectivity index (χ1) is 15.3. The molecule has 3 aromatic carbocycles. The number of hydrogen-bond acceptors (Lipinski definition) is 5. The molecule has 0 saturated carbocycles. The number of rotatable bonds is 8. The van der Waals surface area contributed by atoms with Crippen LogP contribution in [0.5, 0.6) is 5.75 Å². The predicted molar refractivity (Wildman–Crippen MR) is 118 cm³/mol. The quantitative estimate of drug-likeness (QED) is 0.324. The third kappa shape index (κ3) is 5.89. The molecule has 0 unspecified atom stereocenters. The molecule has 0 aliphatic carbocycles. The highest BCUT2D eigenvalue weighted by Gasteiger charge is 2.20. The molecule has 7 nitrogen and oxygen atoms in total. The van der Waals surface area contributed by atoms with Crippen LogP contribution < -0.4 is 15.8 Å². The number of esters is 1. The van der Waals surface area contributed by atoms with Gasteiger partial charge < -0.3 is 15.8 Å². The van der Waals surface area contributed by atoms with Crippen LogP contribution in [-0.2, 0) is 16.0 Å². The number of carbonyl (C=O) groups excluding carboxylic acids is 4. The van der Waals surface area contributed by atoms with Crippen LogP contribution in [0.15, 0.2) is 78.9 Å². The van der Waals surface area contributed by atoms with Crippen molar-refractivity contribution in [2.75, 3.05) is 0 Å². The number of primary amides is 1. The molecule has 0 aliphatic heterocycles. The maximum Gasteiger partial charge on any atom is 0.308 e. The molecular formula is C25H22N2O5. The number of benzene rings is 3. The van der Waals surface area contributed by atoms with Gasteiger partial charge in [0, 0.05) is 30.0 Å². The Morgan fingerprint density at radius 3 is 1.94 bits per heavy atom. The van der Waals surface area contributed by atoms with Gasteiger partial charge in [-0.05, 0) is 29.8 Å². The van der Waals surface area contributed by atoms with Crippen molar-refractivity contribution in [1.82, 2.24) is 5.32 Å². The molecule has 0 radical (unpaired) electrons. The van der Waals surface area contributed by atoms with Crippen molar-refractivity contribution in [3.05, 3.63) is 101 Å². The molecule has 162 valence electrons. The number of nitrogens with one attached hydrogen (secondary N) is 1. The topological polar surface area (TPSA) is 116 Å². The van der Waals surface area contributed by atoms with Crippen molar-refractivity contribution >= 4 is 23.6 Å². The molecule has 0 spiro atoms. The Kier molecular flexibility index (Phi) is 7.13. The average molecular weight is 430 g/mol. The van der Waals surface area contributed by atoms with E-state index in [2.05, 4.69) is 5.32 Å². The highest BCUT2D eigenvalue weighted by atomic mass is 16.5. The van der Waals surface area contributed by atoms with Gasteiger partial charge in [0.25, 0.3) is 5.91 Å². The van der Waals surface area contributed by atoms with E-state index in [-0.39, 0.29) is 17.8 Å². The van der Waals surface area contributed by atoms with Gasteiger partial charge in [-0.3, -0.25) is 19.2 Å². The van der Waals surface area contributed by atoms with Gasteiger partial charge in [-0.1, -0.05) is 54.6 Å². The summed E-state index contributed by atoms with van der Waals surface area (Å²) < 4.78 is 4.93. The molecule has 0 aromatic heterocycles. The van der Waals surface area contributed by atoms with Gasteiger partial charge in [-0.15, -0.1) is 0 Å². The van der Waals surface area contributed by atoms with Crippen LogP contribution >= 0.6 is 0 Å². The van der Waals surface area contributed by atoms with Crippen LogP contribution in [0.25, 0.3) is 0 Å². The maximum absolute atomic E-state index is 12.5. The van der Waals surface area contributed by atoms with Crippen molar-refractivity contribution in [3.8, 4) is 5.75 Å². The lowest BCUT2D eigenvalue weighted by molar-refractivity contribution is -0.131. The monoisotopic (exact) mass is 430 g/mol. The van der Waals surface area contributed by atoms with Crippen LogP contribution in [0, 0.1) is 0 Å². The van der Waals surface area contributed by atoms with Crippen LogP contribution in [0.1, 0.15) is 38.8 Å². The molecule has 0 aliphatic rings. The fraction of sp³-hybridized carbons (Fsp3) is 0.120. The Balaban J connectivity index is 1.66. The van der Waals surface area contributed by atoms with E-state index in [1.54, 1.807) is 48.5 Å². The molecule has 0 heterocycles. The zero-order chi connectivity index (χ0) is 23.1. The van der Waals surface area contributed by atoms with E-state index in [1.165, 1.54) is 31.2 Å². The molecule has 3 N–H and O–H groups in total. The third-order valence-corrected chi connectivity index (χ3v) is 4.72. The lowest BCUT2D eigenvalue weighted by Gasteiger charge is -2.16. The minimum atomic E-state index is -0.939. The van der Waals surface area contributed by atoms with Gasteiger partial charge in [0.1, 0.15) is 11.8 Å². The van der Waals surface area contributed by atoms with Gasteiger partial charge in [0.05, 0.1) is 0 Å². The van der Waals surface area contributed by atoms with Crippen molar-refractivity contribution in [1.29, 1.82) is 0 Å². The largest absolute Gasteiger partial charge is 0.427 e. The van der Waals surface area contributed by atoms with Crippen molar-refractivity contribution in [3.63, 3.8) is 0 Å². The van der Waals surface area contributed by atoms with E-state index in [0.717, 1.165) is 5.56 Å². The molecule has 7 heteroatoms. The molecule has 32 heavy (non-hydrogen) atoms. The number of nitrogens with two attached hydrogens (primary N) is 1. The summed E-state index contributed by atoms with van der Waals surface area (Å²) in [7, 11) is 0. The minimum absolute atomic E-state index is 0.103. The molecule has 3 rings (SSSR count). The fourth-order valence-electron chi connectivity index (χ4n) is 3.09. The molecule has 1 atom stereocenters. The lowest BCUT2D eigenvalue weighted by atomic mass is 9.99. The van der Waals surface area contributed by atoms with Crippen LogP contribution in [0.3, 0.4) is 0 Å². The summed E-state index contributed by atoms with van der Waals surface area (Å²) in [5.41, 5.74) is 7.61. The second-order valence-electron chi connectivity index (χ2n) is 7.14. The fourth-order valence-corrected chi connectivity index (χ4v) is 3.09. The first-order valence-electron chi connectivity index (χ1n) is 9.91. The third-order valence-electron chi connectivity index (χ3n) is 4.72. The van der Waals surface area contributed by atoms with Gasteiger partial charge in [0.2, 0.25) is 5.91 Å². The van der Waals surface area contributed by atoms with E-state index in [0.29, 0.717) is 16.9 Å². The Hall–Kier alpha value is -4.26. The smallest absolute Gasteiger partial charge is 0.308 e. The summed E-state index contributed by atoms with van der Waals surface area (Å²) in [6, 6.07) is 20.7. The first kappa shape index (κ1) is 22.4. The van der Waals surface area contributed by atoms with Gasteiger partial charge in [0.15, 0.2) is 5.78 Å². The number of ketones is 1. The summed E-state index contributed by atoms with van der Waals surface area (Å²) in [6.45, 7) is 1.28. The van der Waals surface area contributed by atoms with Crippen LogP contribution in [0.4, 0.5) is 0 Å². The van der Waals surface area contributed by atoms with Crippen molar-refractivity contribution in [2.45, 2.75) is 19.4 Å². The Bertz CT molecular complexity index is 1120. The first-order valence-corrected chi connectivity index (χ1v) is 9.91. The summed E-state index contributed by atoms with van der Waals surface area (Å²) in [5, 5.41) is 2.62. The Morgan fingerprint density at radius 2 is 1.38 bits per heavy atom. The molecule has 2 amide bonds. The average Bonchev–Trinajstić information content (AvgIpc) is 2.79. The van der Waals surface area contributed by atoms with Crippen molar-refractivity contribution in [2.24, 2.45) is 5.73 Å². The molecule has 3 aromatic rings. The summed E-state index contributed by atoms with van der Waals surface area (Å²) in [5.74, 6) is -1.43. The second kappa shape index (κ2) is 10.2. The highest BCUT2D eigenvalue weighted by Crippen LogP contribution is 2.14. The number of carbonyl (C=O) groups is 4. The van der Waals surface area contributed by atoms with Crippen molar-refractivity contribution < 1.29 is 23.9 Å². The predicted octanol–water partition coefficient (Wildman–Crippen LogP) is 2.67. The van der Waals surface area contributed by atoms with E-state index < -0.39 is 23.8 Å². The lowest BCUT2D eigenvalue weighted by Crippen LogP contribution is -2.45.